The number of ether oxygens (including phenoxy) is 1. The summed E-state index contributed by atoms with van der Waals surface area (Å²) >= 11 is 0. The highest BCUT2D eigenvalue weighted by atomic mass is 32.2. The van der Waals surface area contributed by atoms with Crippen LogP contribution in [0.15, 0.2) is 29.7 Å². The van der Waals surface area contributed by atoms with Crippen molar-refractivity contribution >= 4 is 38.9 Å². The third kappa shape index (κ3) is 6.41. The van der Waals surface area contributed by atoms with E-state index < -0.39 is 39.5 Å². The molecular weight excluding hydrogens is 536 g/mol. The van der Waals surface area contributed by atoms with Gasteiger partial charge in [0.25, 0.3) is 0 Å². The second-order valence-electron chi connectivity index (χ2n) is 11.3. The first-order valence-electron chi connectivity index (χ1n) is 13.1. The summed E-state index contributed by atoms with van der Waals surface area (Å²) in [6, 6.07) is 2.29. The molecule has 1 aliphatic rings. The van der Waals surface area contributed by atoms with E-state index in [0.29, 0.717) is 54.0 Å². The van der Waals surface area contributed by atoms with Crippen molar-refractivity contribution in [2.75, 3.05) is 18.0 Å². The van der Waals surface area contributed by atoms with Crippen LogP contribution in [0.4, 0.5) is 5.82 Å². The number of sulfonamides is 1. The van der Waals surface area contributed by atoms with E-state index in [1.165, 1.54) is 12.7 Å². The molecule has 1 fully saturated rings. The number of benzene rings is 1. The Morgan fingerprint density at radius 3 is 2.30 bits per heavy atom. The third-order valence-corrected chi connectivity index (χ3v) is 8.54. The number of piperidine rings is 1. The van der Waals surface area contributed by atoms with E-state index in [4.69, 9.17) is 4.74 Å². The summed E-state index contributed by atoms with van der Waals surface area (Å²) in [6.07, 6.45) is 3.84. The molecule has 3 heterocycles. The normalized spacial score (nSPS) is 15.8. The van der Waals surface area contributed by atoms with Crippen LogP contribution in [0.5, 0.6) is 0 Å². The molecule has 0 unspecified atom stereocenters. The summed E-state index contributed by atoms with van der Waals surface area (Å²) in [4.78, 5) is 40.0. The highest BCUT2D eigenvalue weighted by molar-refractivity contribution is 7.89. The van der Waals surface area contributed by atoms with Crippen molar-refractivity contribution < 1.29 is 27.9 Å². The zero-order chi connectivity index (χ0) is 29.4. The first kappa shape index (κ1) is 29.4. The fraction of sp³-hybridized carbons (Fsp3) is 0.519. The lowest BCUT2D eigenvalue weighted by molar-refractivity contribution is -0.157. The van der Waals surface area contributed by atoms with E-state index in [0.717, 1.165) is 5.56 Å². The van der Waals surface area contributed by atoms with Gasteiger partial charge in [0.05, 0.1) is 23.7 Å². The van der Waals surface area contributed by atoms with Gasteiger partial charge in [-0.1, -0.05) is 17.7 Å². The second kappa shape index (κ2) is 11.1. The van der Waals surface area contributed by atoms with Crippen LogP contribution < -0.4 is 9.62 Å². The van der Waals surface area contributed by atoms with Gasteiger partial charge in [0.15, 0.2) is 17.0 Å². The number of carbonyl (C=O) groups excluding carboxylic acids is 1. The molecule has 1 aromatic carbocycles. The minimum absolute atomic E-state index is 0.119. The van der Waals surface area contributed by atoms with E-state index >= 15 is 0 Å². The number of hydrogen-bond acceptors (Lipinski definition) is 9. The van der Waals surface area contributed by atoms with Crippen LogP contribution in [0.25, 0.3) is 11.2 Å². The van der Waals surface area contributed by atoms with E-state index in [1.54, 1.807) is 51.3 Å². The van der Waals surface area contributed by atoms with Gasteiger partial charge in [-0.3, -0.25) is 9.59 Å². The van der Waals surface area contributed by atoms with Gasteiger partial charge in [0.2, 0.25) is 10.0 Å². The largest absolute Gasteiger partial charge is 0.481 e. The lowest BCUT2D eigenvalue weighted by Crippen LogP contribution is -2.46. The maximum absolute atomic E-state index is 13.6. The minimum atomic E-state index is -4.11. The SMILES string of the molecule is Cc1cc(C)c(S(=O)(=O)N[C@@H](Cn2cnc3c(N4CCC(C(=O)O)CC4)ncnc32)C(=O)OC(C)(C)C)c(C)c1. The molecule has 0 amide bonds. The van der Waals surface area contributed by atoms with Crippen LogP contribution in [0.1, 0.15) is 50.3 Å². The van der Waals surface area contributed by atoms with E-state index in [-0.39, 0.29) is 11.4 Å². The number of hydrogen-bond donors (Lipinski definition) is 2. The number of nitrogens with zero attached hydrogens (tertiary/aromatic N) is 5. The number of aromatic nitrogens is 4. The average Bonchev–Trinajstić information content (AvgIpc) is 3.24. The van der Waals surface area contributed by atoms with Crippen LogP contribution in [0, 0.1) is 26.7 Å². The molecule has 40 heavy (non-hydrogen) atoms. The summed E-state index contributed by atoms with van der Waals surface area (Å²) in [7, 11) is -4.11. The number of aliphatic carboxylic acids is 1. The van der Waals surface area contributed by atoms with Gasteiger partial charge in [-0.05, 0) is 65.5 Å². The quantitative estimate of drug-likeness (QED) is 0.385. The summed E-state index contributed by atoms with van der Waals surface area (Å²) in [5.41, 5.74) is 2.14. The second-order valence-corrected chi connectivity index (χ2v) is 13.0. The van der Waals surface area contributed by atoms with Crippen molar-refractivity contribution in [3.8, 4) is 0 Å². The van der Waals surface area contributed by atoms with Crippen molar-refractivity contribution in [3.63, 3.8) is 0 Å². The third-order valence-electron chi connectivity index (χ3n) is 6.77. The summed E-state index contributed by atoms with van der Waals surface area (Å²) in [6.45, 7) is 11.4. The number of carbonyl (C=O) groups is 2. The number of rotatable bonds is 8. The predicted octanol–water partition coefficient (Wildman–Crippen LogP) is 2.74. The lowest BCUT2D eigenvalue weighted by Gasteiger charge is -2.30. The van der Waals surface area contributed by atoms with Gasteiger partial charge in [-0.15, -0.1) is 0 Å². The number of nitrogens with one attached hydrogen (secondary N) is 1. The standard InChI is InChI=1S/C27H36N6O6S/c1-16-11-17(2)22(18(3)12-16)40(37,38)31-20(26(36)39-27(4,5)6)13-33-15-30-21-23(28-14-29-24(21)33)32-9-7-19(8-10-32)25(34)35/h11-12,14-15,19-20,31H,7-10,13H2,1-6H3,(H,34,35)/t20-/m0/s1. The van der Waals surface area contributed by atoms with Gasteiger partial charge in [-0.2, -0.15) is 4.72 Å². The molecule has 0 spiro atoms. The molecule has 2 aromatic heterocycles. The molecular formula is C27H36N6O6S. The smallest absolute Gasteiger partial charge is 0.326 e. The van der Waals surface area contributed by atoms with Crippen LogP contribution in [-0.2, 0) is 30.9 Å². The molecule has 12 nitrogen and oxygen atoms in total. The first-order valence-corrected chi connectivity index (χ1v) is 14.6. The predicted molar refractivity (Wildman–Crippen MR) is 149 cm³/mol. The van der Waals surface area contributed by atoms with Gasteiger partial charge >= 0.3 is 11.9 Å². The Morgan fingerprint density at radius 1 is 1.10 bits per heavy atom. The molecule has 0 radical (unpaired) electrons. The minimum Gasteiger partial charge on any atom is -0.481 e. The van der Waals surface area contributed by atoms with Crippen molar-refractivity contribution in [2.45, 2.75) is 77.5 Å². The zero-order valence-electron chi connectivity index (χ0n) is 23.6. The first-order chi connectivity index (χ1) is 18.7. The Bertz CT molecular complexity index is 1510. The number of aryl methyl sites for hydroxylation is 3. The molecule has 0 saturated carbocycles. The molecule has 0 aliphatic carbocycles. The van der Waals surface area contributed by atoms with E-state index in [1.807, 2.05) is 11.8 Å². The number of carboxylic acid groups (broad SMARTS) is 1. The highest BCUT2D eigenvalue weighted by Gasteiger charge is 2.33. The number of esters is 1. The number of carboxylic acids is 1. The lowest BCUT2D eigenvalue weighted by atomic mass is 9.97. The van der Waals surface area contributed by atoms with E-state index in [2.05, 4.69) is 19.7 Å². The molecule has 1 saturated heterocycles. The van der Waals surface area contributed by atoms with Gasteiger partial charge in [0, 0.05) is 13.1 Å². The van der Waals surface area contributed by atoms with Crippen molar-refractivity contribution in [1.82, 2.24) is 24.2 Å². The van der Waals surface area contributed by atoms with Gasteiger partial charge in [0.1, 0.15) is 18.0 Å². The maximum atomic E-state index is 13.6. The number of anilines is 1. The Hall–Kier alpha value is -3.58. The van der Waals surface area contributed by atoms with Crippen LogP contribution >= 0.6 is 0 Å². The molecule has 1 aliphatic heterocycles. The van der Waals surface area contributed by atoms with Crippen molar-refractivity contribution in [1.29, 1.82) is 0 Å². The number of fused-ring (bicyclic) bond motifs is 1. The monoisotopic (exact) mass is 572 g/mol. The highest BCUT2D eigenvalue weighted by Crippen LogP contribution is 2.27. The Balaban J connectivity index is 1.66. The summed E-state index contributed by atoms with van der Waals surface area (Å²) in [5.74, 6) is -1.36. The number of imidazole rings is 1. The summed E-state index contributed by atoms with van der Waals surface area (Å²) in [5, 5.41) is 9.32. The van der Waals surface area contributed by atoms with Crippen LogP contribution in [0.3, 0.4) is 0 Å². The fourth-order valence-electron chi connectivity index (χ4n) is 5.14. The topological polar surface area (TPSA) is 157 Å². The Labute approximate surface area is 233 Å². The molecule has 3 aromatic rings. The molecule has 2 N–H and O–H groups in total. The fourth-order valence-corrected chi connectivity index (χ4v) is 6.77. The van der Waals surface area contributed by atoms with Gasteiger partial charge in [-0.25, -0.2) is 23.4 Å². The average molecular weight is 573 g/mol. The summed E-state index contributed by atoms with van der Waals surface area (Å²) < 4.78 is 36.9. The maximum Gasteiger partial charge on any atom is 0.326 e. The molecule has 1 atom stereocenters. The zero-order valence-corrected chi connectivity index (χ0v) is 24.4. The molecule has 216 valence electrons. The Morgan fingerprint density at radius 2 is 1.73 bits per heavy atom. The van der Waals surface area contributed by atoms with Gasteiger partial charge < -0.3 is 19.3 Å². The van der Waals surface area contributed by atoms with Crippen molar-refractivity contribution in [3.05, 3.63) is 41.5 Å². The van der Waals surface area contributed by atoms with E-state index in [9.17, 15) is 23.1 Å². The van der Waals surface area contributed by atoms with Crippen LogP contribution in [0.2, 0.25) is 0 Å². The molecule has 4 rings (SSSR count). The molecule has 13 heteroatoms. The Kier molecular flexibility index (Phi) is 8.18. The molecule has 0 bridgehead atoms. The van der Waals surface area contributed by atoms with Crippen molar-refractivity contribution in [2.24, 2.45) is 5.92 Å². The van der Waals surface area contributed by atoms with Crippen LogP contribution in [-0.4, -0.2) is 69.7 Å².